The first-order valence-electron chi connectivity index (χ1n) is 5.53. The van der Waals surface area contributed by atoms with E-state index >= 15 is 0 Å². The van der Waals surface area contributed by atoms with Gasteiger partial charge in [0.25, 0.3) is 0 Å². The quantitative estimate of drug-likeness (QED) is 0.869. The van der Waals surface area contributed by atoms with E-state index < -0.39 is 0 Å². The van der Waals surface area contributed by atoms with Crippen LogP contribution in [0.4, 0.5) is 0 Å². The highest BCUT2D eigenvalue weighted by atomic mass is 35.5. The van der Waals surface area contributed by atoms with Crippen LogP contribution in [-0.4, -0.2) is 26.2 Å². The number of halogens is 2. The second-order valence-corrected chi connectivity index (χ2v) is 4.80. The summed E-state index contributed by atoms with van der Waals surface area (Å²) in [6.45, 7) is 0.692. The minimum absolute atomic E-state index is 0.0101. The molecule has 1 aliphatic heterocycles. The molecule has 2 rings (SSSR count). The van der Waals surface area contributed by atoms with Gasteiger partial charge in [0, 0.05) is 23.0 Å². The fourth-order valence-corrected chi connectivity index (χ4v) is 2.48. The van der Waals surface area contributed by atoms with Crippen molar-refractivity contribution in [1.82, 2.24) is 5.32 Å². The van der Waals surface area contributed by atoms with Crippen LogP contribution in [0.2, 0.25) is 10.0 Å². The lowest BCUT2D eigenvalue weighted by Crippen LogP contribution is -2.31. The van der Waals surface area contributed by atoms with E-state index in [1.165, 1.54) is 7.11 Å². The normalized spacial score (nSPS) is 17.8. The zero-order valence-corrected chi connectivity index (χ0v) is 11.3. The summed E-state index contributed by atoms with van der Waals surface area (Å²) in [6.07, 6.45) is 0.751. The summed E-state index contributed by atoms with van der Waals surface area (Å²) >= 11 is 12.1. The molecule has 0 bridgehead atoms. The average molecular weight is 290 g/mol. The zero-order valence-electron chi connectivity index (χ0n) is 9.83. The van der Waals surface area contributed by atoms with Gasteiger partial charge in [-0.15, -0.1) is 0 Å². The van der Waals surface area contributed by atoms with E-state index in [1.54, 1.807) is 12.1 Å². The molecule has 1 aromatic carbocycles. The third kappa shape index (κ3) is 2.88. The van der Waals surface area contributed by atoms with Crippen LogP contribution in [0.15, 0.2) is 12.1 Å². The van der Waals surface area contributed by atoms with Crippen LogP contribution in [0.3, 0.4) is 0 Å². The molecule has 0 spiro atoms. The Labute approximate surface area is 115 Å². The van der Waals surface area contributed by atoms with Gasteiger partial charge >= 0.3 is 5.97 Å². The molecule has 1 N–H and O–H groups in total. The van der Waals surface area contributed by atoms with Crippen LogP contribution >= 0.6 is 23.2 Å². The van der Waals surface area contributed by atoms with Crippen molar-refractivity contribution in [2.45, 2.75) is 12.5 Å². The molecule has 0 saturated heterocycles. The van der Waals surface area contributed by atoms with Gasteiger partial charge in [0.2, 0.25) is 0 Å². The number of rotatable bonds is 3. The fraction of sp³-hybridized carbons (Fsp3) is 0.417. The van der Waals surface area contributed by atoms with Crippen molar-refractivity contribution < 1.29 is 14.3 Å². The molecule has 0 aliphatic carbocycles. The van der Waals surface area contributed by atoms with Gasteiger partial charge in [0.15, 0.2) is 0 Å². The summed E-state index contributed by atoms with van der Waals surface area (Å²) < 4.78 is 10.1. The number of esters is 1. The fourth-order valence-electron chi connectivity index (χ4n) is 1.92. The first kappa shape index (κ1) is 13.5. The Kier molecular flexibility index (Phi) is 4.32. The van der Waals surface area contributed by atoms with Crippen molar-refractivity contribution in [1.29, 1.82) is 0 Å². The standard InChI is InChI=1S/C12H13Cl2NO3/c1-17-11(16)6-15-10-2-3-18-12-8(10)4-7(13)5-9(12)14/h4-5,10,15H,2-3,6H2,1H3. The van der Waals surface area contributed by atoms with Crippen molar-refractivity contribution in [3.8, 4) is 5.75 Å². The number of carbonyl (C=O) groups excluding carboxylic acids is 1. The van der Waals surface area contributed by atoms with Gasteiger partial charge in [-0.1, -0.05) is 23.2 Å². The lowest BCUT2D eigenvalue weighted by Gasteiger charge is -2.27. The number of nitrogens with one attached hydrogen (secondary N) is 1. The largest absolute Gasteiger partial charge is 0.492 e. The highest BCUT2D eigenvalue weighted by molar-refractivity contribution is 6.35. The molecular formula is C12H13Cl2NO3. The topological polar surface area (TPSA) is 47.6 Å². The Hall–Kier alpha value is -0.970. The Morgan fingerprint density at radius 1 is 1.56 bits per heavy atom. The summed E-state index contributed by atoms with van der Waals surface area (Å²) in [5.74, 6) is 0.325. The molecule has 4 nitrogen and oxygen atoms in total. The van der Waals surface area contributed by atoms with Crippen molar-refractivity contribution in [3.63, 3.8) is 0 Å². The molecule has 1 atom stereocenters. The Balaban J connectivity index is 2.19. The molecule has 0 saturated carbocycles. The molecule has 1 aromatic rings. The summed E-state index contributed by atoms with van der Waals surface area (Å²) in [4.78, 5) is 11.1. The molecule has 1 unspecified atom stereocenters. The van der Waals surface area contributed by atoms with Crippen molar-refractivity contribution in [3.05, 3.63) is 27.7 Å². The number of benzene rings is 1. The summed E-state index contributed by atoms with van der Waals surface area (Å²) in [7, 11) is 1.36. The Bertz CT molecular complexity index is 465. The van der Waals surface area contributed by atoms with Gasteiger partial charge in [-0.2, -0.15) is 0 Å². The monoisotopic (exact) mass is 289 g/mol. The lowest BCUT2D eigenvalue weighted by molar-refractivity contribution is -0.139. The predicted molar refractivity (Wildman–Crippen MR) is 69.3 cm³/mol. The van der Waals surface area contributed by atoms with Crippen LogP contribution in [0.25, 0.3) is 0 Å². The molecule has 98 valence electrons. The van der Waals surface area contributed by atoms with Crippen LogP contribution in [0.5, 0.6) is 5.75 Å². The third-order valence-corrected chi connectivity index (χ3v) is 3.28. The van der Waals surface area contributed by atoms with Crippen molar-refractivity contribution >= 4 is 29.2 Å². The highest BCUT2D eigenvalue weighted by Gasteiger charge is 2.24. The maximum atomic E-state index is 11.1. The first-order valence-corrected chi connectivity index (χ1v) is 6.29. The minimum Gasteiger partial charge on any atom is -0.492 e. The van der Waals surface area contributed by atoms with E-state index in [1.807, 2.05) is 0 Å². The second-order valence-electron chi connectivity index (χ2n) is 3.95. The highest BCUT2D eigenvalue weighted by Crippen LogP contribution is 2.39. The molecule has 18 heavy (non-hydrogen) atoms. The van der Waals surface area contributed by atoms with Gasteiger partial charge in [-0.05, 0) is 12.1 Å². The third-order valence-electron chi connectivity index (χ3n) is 2.79. The van der Waals surface area contributed by atoms with Crippen LogP contribution < -0.4 is 10.1 Å². The summed E-state index contributed by atoms with van der Waals surface area (Å²) in [6, 6.07) is 3.44. The molecule has 0 fully saturated rings. The number of ether oxygens (including phenoxy) is 2. The maximum absolute atomic E-state index is 11.1. The van der Waals surface area contributed by atoms with E-state index in [9.17, 15) is 4.79 Å². The number of fused-ring (bicyclic) bond motifs is 1. The summed E-state index contributed by atoms with van der Waals surface area (Å²) in [5.41, 5.74) is 0.877. The van der Waals surface area contributed by atoms with Crippen molar-refractivity contribution in [2.75, 3.05) is 20.3 Å². The Morgan fingerprint density at radius 3 is 3.06 bits per heavy atom. The molecule has 0 radical (unpaired) electrons. The number of methoxy groups -OCH3 is 1. The van der Waals surface area contributed by atoms with Crippen LogP contribution in [0.1, 0.15) is 18.0 Å². The van der Waals surface area contributed by atoms with Gasteiger partial charge in [0.05, 0.1) is 25.3 Å². The average Bonchev–Trinajstić information content (AvgIpc) is 2.36. The molecule has 0 amide bonds. The SMILES string of the molecule is COC(=O)CNC1CCOc2c(Cl)cc(Cl)cc21. The van der Waals surface area contributed by atoms with Gasteiger partial charge in [0.1, 0.15) is 5.75 Å². The lowest BCUT2D eigenvalue weighted by atomic mass is 10.0. The van der Waals surface area contributed by atoms with E-state index in [-0.39, 0.29) is 18.6 Å². The molecule has 1 heterocycles. The Morgan fingerprint density at radius 2 is 2.33 bits per heavy atom. The van der Waals surface area contributed by atoms with Crippen LogP contribution in [0, 0.1) is 0 Å². The first-order chi connectivity index (χ1) is 8.61. The smallest absolute Gasteiger partial charge is 0.319 e. The predicted octanol–water partition coefficient (Wildman–Crippen LogP) is 2.58. The van der Waals surface area contributed by atoms with E-state index in [0.29, 0.717) is 22.4 Å². The van der Waals surface area contributed by atoms with Crippen molar-refractivity contribution in [2.24, 2.45) is 0 Å². The maximum Gasteiger partial charge on any atom is 0.319 e. The number of hydrogen-bond donors (Lipinski definition) is 1. The molecule has 0 aromatic heterocycles. The number of carbonyl (C=O) groups is 1. The summed E-state index contributed by atoms with van der Waals surface area (Å²) in [5, 5.41) is 4.15. The van der Waals surface area contributed by atoms with Crippen LogP contribution in [-0.2, 0) is 9.53 Å². The molecule has 1 aliphatic rings. The number of hydrogen-bond acceptors (Lipinski definition) is 4. The van der Waals surface area contributed by atoms with E-state index in [2.05, 4.69) is 10.1 Å². The second kappa shape index (κ2) is 5.78. The zero-order chi connectivity index (χ0) is 13.1. The van der Waals surface area contributed by atoms with E-state index in [0.717, 1.165) is 12.0 Å². The molecular weight excluding hydrogens is 277 g/mol. The van der Waals surface area contributed by atoms with Gasteiger partial charge < -0.3 is 9.47 Å². The minimum atomic E-state index is -0.309. The van der Waals surface area contributed by atoms with Gasteiger partial charge in [-0.3, -0.25) is 10.1 Å². The van der Waals surface area contributed by atoms with Gasteiger partial charge in [-0.25, -0.2) is 0 Å². The van der Waals surface area contributed by atoms with E-state index in [4.69, 9.17) is 27.9 Å². The molecule has 6 heteroatoms.